The molecule has 23 heavy (non-hydrogen) atoms. The molecule has 1 aromatic rings. The van der Waals surface area contributed by atoms with Gasteiger partial charge < -0.3 is 15.2 Å². The zero-order chi connectivity index (χ0) is 15.7. The van der Waals surface area contributed by atoms with Gasteiger partial charge in [-0.3, -0.25) is 0 Å². The van der Waals surface area contributed by atoms with Gasteiger partial charge in [0.1, 0.15) is 13.2 Å². The minimum absolute atomic E-state index is 0. The lowest BCUT2D eigenvalue weighted by Crippen LogP contribution is -2.51. The predicted molar refractivity (Wildman–Crippen MR) is 89.9 cm³/mol. The summed E-state index contributed by atoms with van der Waals surface area (Å²) in [4.78, 5) is 0.240. The number of rotatable bonds is 3. The number of hydrogen-bond acceptors (Lipinski definition) is 5. The molecule has 130 valence electrons. The molecule has 1 aromatic carbocycles. The third kappa shape index (κ3) is 3.57. The fraction of sp³-hybridized carbons (Fsp3) is 0.600. The lowest BCUT2D eigenvalue weighted by Gasteiger charge is -2.37. The van der Waals surface area contributed by atoms with E-state index < -0.39 is 10.0 Å². The van der Waals surface area contributed by atoms with Crippen molar-refractivity contribution < 1.29 is 17.9 Å². The van der Waals surface area contributed by atoms with Crippen LogP contribution in [0.3, 0.4) is 0 Å². The summed E-state index contributed by atoms with van der Waals surface area (Å²) in [5, 5.41) is 0. The number of fused-ring (bicyclic) bond motifs is 1. The number of ether oxygens (including phenoxy) is 2. The second-order valence-corrected chi connectivity index (χ2v) is 7.73. The Bertz CT molecular complexity index is 651. The smallest absolute Gasteiger partial charge is 0.243 e. The van der Waals surface area contributed by atoms with Crippen molar-refractivity contribution in [1.82, 2.24) is 4.31 Å². The first-order valence-electron chi connectivity index (χ1n) is 7.67. The van der Waals surface area contributed by atoms with Gasteiger partial charge in [0.15, 0.2) is 11.5 Å². The summed E-state index contributed by atoms with van der Waals surface area (Å²) in [6.45, 7) is 3.30. The third-order valence-electron chi connectivity index (χ3n) is 4.23. The summed E-state index contributed by atoms with van der Waals surface area (Å²) in [5.74, 6) is 1.08. The standard InChI is InChI=1S/C15H22N2O4S.ClH/c1-11(16)13-4-2-3-7-17(13)22(18,19)12-5-6-14-15(10-12)21-9-8-20-14;/h5-6,10-11,13H,2-4,7-9,16H2,1H3;1H. The second-order valence-electron chi connectivity index (χ2n) is 5.84. The Labute approximate surface area is 143 Å². The summed E-state index contributed by atoms with van der Waals surface area (Å²) in [5.41, 5.74) is 5.99. The average molecular weight is 363 g/mol. The van der Waals surface area contributed by atoms with Gasteiger partial charge in [-0.25, -0.2) is 8.42 Å². The number of benzene rings is 1. The Morgan fingerprint density at radius 2 is 1.91 bits per heavy atom. The van der Waals surface area contributed by atoms with E-state index in [0.717, 1.165) is 19.3 Å². The molecule has 1 fully saturated rings. The summed E-state index contributed by atoms with van der Waals surface area (Å²) in [6.07, 6.45) is 2.69. The minimum atomic E-state index is -3.57. The SMILES string of the molecule is CC(N)C1CCCCN1S(=O)(=O)c1ccc2c(c1)OCCO2.Cl. The molecular formula is C15H23ClN2O4S. The Balaban J connectivity index is 0.00000192. The zero-order valence-corrected chi connectivity index (χ0v) is 14.7. The monoisotopic (exact) mass is 362 g/mol. The van der Waals surface area contributed by atoms with E-state index in [0.29, 0.717) is 31.3 Å². The molecule has 2 atom stereocenters. The van der Waals surface area contributed by atoms with Gasteiger partial charge in [0.2, 0.25) is 10.0 Å². The molecule has 3 rings (SSSR count). The van der Waals surface area contributed by atoms with Crippen LogP contribution in [-0.2, 0) is 10.0 Å². The topological polar surface area (TPSA) is 81.9 Å². The number of halogens is 1. The van der Waals surface area contributed by atoms with Gasteiger partial charge in [-0.2, -0.15) is 4.31 Å². The normalized spacial score (nSPS) is 23.0. The van der Waals surface area contributed by atoms with Crippen molar-refractivity contribution in [2.75, 3.05) is 19.8 Å². The Morgan fingerprint density at radius 3 is 2.61 bits per heavy atom. The van der Waals surface area contributed by atoms with Crippen molar-refractivity contribution in [3.63, 3.8) is 0 Å². The molecule has 0 radical (unpaired) electrons. The van der Waals surface area contributed by atoms with Crippen LogP contribution < -0.4 is 15.2 Å². The van der Waals surface area contributed by atoms with Crippen LogP contribution in [0.5, 0.6) is 11.5 Å². The fourth-order valence-corrected chi connectivity index (χ4v) is 4.86. The minimum Gasteiger partial charge on any atom is -0.486 e. The van der Waals surface area contributed by atoms with Gasteiger partial charge in [-0.05, 0) is 31.9 Å². The van der Waals surface area contributed by atoms with E-state index >= 15 is 0 Å². The Kier molecular flexibility index (Phi) is 5.78. The largest absolute Gasteiger partial charge is 0.486 e. The van der Waals surface area contributed by atoms with Gasteiger partial charge in [0.05, 0.1) is 4.90 Å². The molecule has 2 N–H and O–H groups in total. The van der Waals surface area contributed by atoms with Gasteiger partial charge in [-0.15, -0.1) is 12.4 Å². The van der Waals surface area contributed by atoms with E-state index in [9.17, 15) is 8.42 Å². The molecule has 0 aromatic heterocycles. The van der Waals surface area contributed by atoms with E-state index in [4.69, 9.17) is 15.2 Å². The molecule has 2 unspecified atom stereocenters. The molecule has 8 heteroatoms. The number of nitrogens with zero attached hydrogens (tertiary/aromatic N) is 1. The zero-order valence-electron chi connectivity index (χ0n) is 13.1. The lowest BCUT2D eigenvalue weighted by molar-refractivity contribution is 0.171. The van der Waals surface area contributed by atoms with Crippen LogP contribution in [0.15, 0.2) is 23.1 Å². The average Bonchev–Trinajstić information content (AvgIpc) is 2.54. The first-order chi connectivity index (χ1) is 10.5. The van der Waals surface area contributed by atoms with Crippen molar-refractivity contribution >= 4 is 22.4 Å². The molecule has 2 heterocycles. The van der Waals surface area contributed by atoms with Crippen LogP contribution in [0.25, 0.3) is 0 Å². The first kappa shape index (κ1) is 18.3. The van der Waals surface area contributed by atoms with Gasteiger partial charge >= 0.3 is 0 Å². The molecule has 1 saturated heterocycles. The van der Waals surface area contributed by atoms with Gasteiger partial charge in [-0.1, -0.05) is 6.42 Å². The molecule has 0 amide bonds. The maximum atomic E-state index is 13.0. The maximum Gasteiger partial charge on any atom is 0.243 e. The van der Waals surface area contributed by atoms with E-state index in [1.165, 1.54) is 0 Å². The summed E-state index contributed by atoms with van der Waals surface area (Å²) < 4.78 is 38.4. The van der Waals surface area contributed by atoms with Crippen LogP contribution in [0.4, 0.5) is 0 Å². The molecule has 0 spiro atoms. The Hall–Kier alpha value is -1.02. The number of sulfonamides is 1. The molecule has 2 aliphatic rings. The van der Waals surface area contributed by atoms with Crippen LogP contribution in [0.1, 0.15) is 26.2 Å². The van der Waals surface area contributed by atoms with Crippen LogP contribution in [0, 0.1) is 0 Å². The second kappa shape index (κ2) is 7.25. The van der Waals surface area contributed by atoms with Crippen LogP contribution in [-0.4, -0.2) is 44.6 Å². The Morgan fingerprint density at radius 1 is 1.22 bits per heavy atom. The molecule has 0 bridgehead atoms. The molecule has 6 nitrogen and oxygen atoms in total. The van der Waals surface area contributed by atoms with Gasteiger partial charge in [0.25, 0.3) is 0 Å². The van der Waals surface area contributed by atoms with Crippen molar-refractivity contribution in [2.24, 2.45) is 5.73 Å². The fourth-order valence-electron chi connectivity index (χ4n) is 3.07. The van der Waals surface area contributed by atoms with Crippen LogP contribution >= 0.6 is 12.4 Å². The van der Waals surface area contributed by atoms with Crippen molar-refractivity contribution in [2.45, 2.75) is 43.2 Å². The molecular weight excluding hydrogens is 340 g/mol. The summed E-state index contributed by atoms with van der Waals surface area (Å²) >= 11 is 0. The quantitative estimate of drug-likeness (QED) is 0.886. The van der Waals surface area contributed by atoms with Crippen LogP contribution in [0.2, 0.25) is 0 Å². The predicted octanol–water partition coefficient (Wildman–Crippen LogP) is 1.77. The molecule has 2 aliphatic heterocycles. The van der Waals surface area contributed by atoms with Crippen molar-refractivity contribution in [3.05, 3.63) is 18.2 Å². The molecule has 0 aliphatic carbocycles. The summed E-state index contributed by atoms with van der Waals surface area (Å²) in [6, 6.07) is 4.46. The van der Waals surface area contributed by atoms with Gasteiger partial charge in [0, 0.05) is 24.7 Å². The van der Waals surface area contributed by atoms with Crippen molar-refractivity contribution in [1.29, 1.82) is 0 Å². The highest BCUT2D eigenvalue weighted by Gasteiger charge is 2.35. The highest BCUT2D eigenvalue weighted by molar-refractivity contribution is 7.89. The molecule has 0 saturated carbocycles. The lowest BCUT2D eigenvalue weighted by atomic mass is 10.00. The van der Waals surface area contributed by atoms with E-state index in [-0.39, 0.29) is 29.4 Å². The van der Waals surface area contributed by atoms with E-state index in [2.05, 4.69) is 0 Å². The highest BCUT2D eigenvalue weighted by atomic mass is 35.5. The number of piperidine rings is 1. The maximum absolute atomic E-state index is 13.0. The van der Waals surface area contributed by atoms with Crippen molar-refractivity contribution in [3.8, 4) is 11.5 Å². The highest BCUT2D eigenvalue weighted by Crippen LogP contribution is 2.34. The van der Waals surface area contributed by atoms with E-state index in [1.54, 1.807) is 22.5 Å². The third-order valence-corrected chi connectivity index (χ3v) is 6.15. The first-order valence-corrected chi connectivity index (χ1v) is 9.11. The summed E-state index contributed by atoms with van der Waals surface area (Å²) in [7, 11) is -3.57. The number of nitrogens with two attached hydrogens (primary N) is 1. The van der Waals surface area contributed by atoms with E-state index in [1.807, 2.05) is 6.92 Å². The number of hydrogen-bond donors (Lipinski definition) is 1.